The van der Waals surface area contributed by atoms with Gasteiger partial charge < -0.3 is 5.11 Å². The normalized spacial score (nSPS) is 13.1. The molecule has 1 atom stereocenters. The summed E-state index contributed by atoms with van der Waals surface area (Å²) in [5.41, 5.74) is 0. The van der Waals surface area contributed by atoms with Crippen LogP contribution >= 0.6 is 0 Å². The number of aliphatic hydroxyl groups excluding tert-OH is 1. The first-order chi connectivity index (χ1) is 13.5. The fraction of sp³-hybridized carbons (Fsp3) is 1.00. The number of aliphatic hydroxyl groups is 1. The van der Waals surface area contributed by atoms with Crippen molar-refractivity contribution >= 4 is 10.1 Å². The van der Waals surface area contributed by atoms with Crippen LogP contribution in [0.5, 0.6) is 0 Å². The topological polar surface area (TPSA) is 74.6 Å². The van der Waals surface area contributed by atoms with Gasteiger partial charge in [-0.25, -0.2) is 0 Å². The lowest BCUT2D eigenvalue weighted by atomic mass is 10.0. The van der Waals surface area contributed by atoms with Crippen LogP contribution in [-0.4, -0.2) is 29.9 Å². The van der Waals surface area contributed by atoms with Gasteiger partial charge >= 0.3 is 0 Å². The molecule has 5 heteroatoms. The van der Waals surface area contributed by atoms with Crippen LogP contribution in [0.4, 0.5) is 0 Å². The van der Waals surface area contributed by atoms with Gasteiger partial charge in [0.05, 0.1) is 6.61 Å². The molecule has 0 spiro atoms. The summed E-state index contributed by atoms with van der Waals surface area (Å²) >= 11 is 0. The van der Waals surface area contributed by atoms with Gasteiger partial charge in [0.15, 0.2) is 0 Å². The molecule has 1 unspecified atom stereocenters. The molecule has 0 aromatic rings. The number of hydrogen-bond acceptors (Lipinski definition) is 3. The highest BCUT2D eigenvalue weighted by Gasteiger charge is 2.20. The van der Waals surface area contributed by atoms with Gasteiger partial charge in [-0.2, -0.15) is 8.42 Å². The maximum atomic E-state index is 11.0. The molecule has 0 heterocycles. The lowest BCUT2D eigenvalue weighted by Gasteiger charge is -2.10. The second kappa shape index (κ2) is 20.2. The molecule has 2 N–H and O–H groups in total. The molecule has 0 rings (SSSR count). The van der Waals surface area contributed by atoms with Crippen LogP contribution in [0, 0.1) is 0 Å². The summed E-state index contributed by atoms with van der Waals surface area (Å²) in [5.74, 6) is 0. The summed E-state index contributed by atoms with van der Waals surface area (Å²) in [5, 5.41) is 7.97. The molecule has 0 aliphatic heterocycles. The Morgan fingerprint density at radius 2 is 0.857 bits per heavy atom. The van der Waals surface area contributed by atoms with Crippen molar-refractivity contribution in [2.24, 2.45) is 0 Å². The third-order valence-corrected chi connectivity index (χ3v) is 6.98. The van der Waals surface area contributed by atoms with Crippen LogP contribution in [0.3, 0.4) is 0 Å². The fourth-order valence-electron chi connectivity index (χ4n) is 3.78. The minimum atomic E-state index is -4.09. The highest BCUT2D eigenvalue weighted by atomic mass is 32.2. The van der Waals surface area contributed by atoms with E-state index in [1.54, 1.807) is 0 Å². The van der Waals surface area contributed by atoms with E-state index in [4.69, 9.17) is 9.66 Å². The van der Waals surface area contributed by atoms with Crippen molar-refractivity contribution in [3.05, 3.63) is 0 Å². The Kier molecular flexibility index (Phi) is 20.1. The zero-order valence-electron chi connectivity index (χ0n) is 18.5. The van der Waals surface area contributed by atoms with Crippen molar-refractivity contribution in [2.75, 3.05) is 6.61 Å². The monoisotopic (exact) mass is 420 g/mol. The molecule has 0 bridgehead atoms. The van der Waals surface area contributed by atoms with Gasteiger partial charge in [-0.1, -0.05) is 129 Å². The zero-order valence-corrected chi connectivity index (χ0v) is 19.4. The molecular weight excluding hydrogens is 372 g/mol. The predicted octanol–water partition coefficient (Wildman–Crippen LogP) is 7.06. The number of rotatable bonds is 22. The summed E-state index contributed by atoms with van der Waals surface area (Å²) in [6, 6.07) is 0. The van der Waals surface area contributed by atoms with Crippen LogP contribution < -0.4 is 0 Å². The van der Waals surface area contributed by atoms with Crippen molar-refractivity contribution in [3.63, 3.8) is 0 Å². The van der Waals surface area contributed by atoms with Gasteiger partial charge in [-0.15, -0.1) is 0 Å². The van der Waals surface area contributed by atoms with Crippen molar-refractivity contribution in [2.45, 2.75) is 141 Å². The van der Waals surface area contributed by atoms with E-state index in [-0.39, 0.29) is 0 Å². The average molecular weight is 421 g/mol. The molecule has 0 amide bonds. The van der Waals surface area contributed by atoms with Crippen molar-refractivity contribution in [3.8, 4) is 0 Å². The first kappa shape index (κ1) is 27.9. The second-order valence-corrected chi connectivity index (χ2v) is 10.2. The minimum Gasteiger partial charge on any atom is -0.395 e. The molecule has 0 aromatic carbocycles. The maximum absolute atomic E-state index is 11.0. The van der Waals surface area contributed by atoms with Gasteiger partial charge in [-0.05, 0) is 6.42 Å². The van der Waals surface area contributed by atoms with Crippen molar-refractivity contribution in [1.29, 1.82) is 0 Å². The van der Waals surface area contributed by atoms with Crippen molar-refractivity contribution in [1.82, 2.24) is 0 Å². The lowest BCUT2D eigenvalue weighted by Crippen LogP contribution is -2.24. The highest BCUT2D eigenvalue weighted by Crippen LogP contribution is 2.15. The van der Waals surface area contributed by atoms with E-state index < -0.39 is 22.0 Å². The van der Waals surface area contributed by atoms with Gasteiger partial charge in [-0.3, -0.25) is 4.55 Å². The third-order valence-electron chi connectivity index (χ3n) is 5.75. The van der Waals surface area contributed by atoms with Gasteiger partial charge in [0, 0.05) is 0 Å². The van der Waals surface area contributed by atoms with E-state index in [1.807, 2.05) is 0 Å². The van der Waals surface area contributed by atoms with E-state index >= 15 is 0 Å². The molecular formula is C23H48O4S. The summed E-state index contributed by atoms with van der Waals surface area (Å²) in [6.45, 7) is 1.78. The van der Waals surface area contributed by atoms with Crippen molar-refractivity contribution < 1.29 is 18.1 Å². The molecule has 0 fully saturated rings. The van der Waals surface area contributed by atoms with Crippen LogP contribution in [0.25, 0.3) is 0 Å². The predicted molar refractivity (Wildman–Crippen MR) is 120 cm³/mol. The van der Waals surface area contributed by atoms with Crippen LogP contribution in [-0.2, 0) is 10.1 Å². The molecule has 0 saturated heterocycles. The van der Waals surface area contributed by atoms with Crippen LogP contribution in [0.1, 0.15) is 135 Å². The third kappa shape index (κ3) is 19.2. The van der Waals surface area contributed by atoms with Gasteiger partial charge in [0.25, 0.3) is 10.1 Å². The molecule has 0 aliphatic rings. The Morgan fingerprint density at radius 1 is 0.571 bits per heavy atom. The van der Waals surface area contributed by atoms with Crippen LogP contribution in [0.2, 0.25) is 0 Å². The van der Waals surface area contributed by atoms with Crippen LogP contribution in [0.15, 0.2) is 0 Å². The number of hydrogen-bond donors (Lipinski definition) is 2. The molecule has 170 valence electrons. The first-order valence-electron chi connectivity index (χ1n) is 12.1. The average Bonchev–Trinajstić information content (AvgIpc) is 2.65. The molecule has 28 heavy (non-hydrogen) atoms. The first-order valence-corrected chi connectivity index (χ1v) is 13.6. The maximum Gasteiger partial charge on any atom is 0.270 e. The summed E-state index contributed by atoms with van der Waals surface area (Å²) < 4.78 is 30.9. The van der Waals surface area contributed by atoms with E-state index in [9.17, 15) is 8.42 Å². The molecule has 0 aliphatic carbocycles. The Labute approximate surface area is 175 Å². The van der Waals surface area contributed by atoms with E-state index in [1.165, 1.54) is 103 Å². The Bertz CT molecular complexity index is 409. The summed E-state index contributed by atoms with van der Waals surface area (Å²) in [7, 11) is -4.09. The SMILES string of the molecule is CCCCCCCCCCCCCCCCCCCCCC(CO)S(=O)(=O)O. The fourth-order valence-corrected chi connectivity index (χ4v) is 4.44. The van der Waals surface area contributed by atoms with Gasteiger partial charge in [0.2, 0.25) is 0 Å². The Balaban J connectivity index is 3.18. The molecule has 0 saturated carbocycles. The Morgan fingerprint density at radius 3 is 1.11 bits per heavy atom. The highest BCUT2D eigenvalue weighted by molar-refractivity contribution is 7.86. The van der Waals surface area contributed by atoms with E-state index in [2.05, 4.69) is 6.92 Å². The molecule has 0 radical (unpaired) electrons. The standard InChI is InChI=1S/C23H48O4S/c1-2-3-4-5-6-7-8-9-10-11-12-13-14-15-16-17-18-19-20-21-23(22-24)28(25,26)27/h23-24H,2-22H2,1H3,(H,25,26,27). The second-order valence-electron chi connectivity index (χ2n) is 8.47. The number of unbranched alkanes of at least 4 members (excludes halogenated alkanes) is 18. The molecule has 4 nitrogen and oxygen atoms in total. The minimum absolute atomic E-state index is 0.355. The zero-order chi connectivity index (χ0) is 20.9. The summed E-state index contributed by atoms with van der Waals surface area (Å²) in [6.07, 6.45) is 25.2. The smallest absolute Gasteiger partial charge is 0.270 e. The lowest BCUT2D eigenvalue weighted by molar-refractivity contribution is 0.276. The molecule has 0 aromatic heterocycles. The van der Waals surface area contributed by atoms with Gasteiger partial charge in [0.1, 0.15) is 5.25 Å². The van der Waals surface area contributed by atoms with E-state index in [0.717, 1.165) is 19.3 Å². The quantitative estimate of drug-likeness (QED) is 0.145. The summed E-state index contributed by atoms with van der Waals surface area (Å²) in [4.78, 5) is 0. The largest absolute Gasteiger partial charge is 0.395 e. The Hall–Kier alpha value is -0.130. The van der Waals surface area contributed by atoms with E-state index in [0.29, 0.717) is 6.42 Å².